The molecule has 98 valence electrons. The van der Waals surface area contributed by atoms with Crippen LogP contribution in [0.3, 0.4) is 0 Å². The van der Waals surface area contributed by atoms with Crippen LogP contribution in [0.1, 0.15) is 16.4 Å². The van der Waals surface area contributed by atoms with Gasteiger partial charge in [-0.25, -0.2) is 9.97 Å². The predicted molar refractivity (Wildman–Crippen MR) is 77.4 cm³/mol. The van der Waals surface area contributed by atoms with Gasteiger partial charge >= 0.3 is 0 Å². The first-order valence-electron chi connectivity index (χ1n) is 6.08. The lowest BCUT2D eigenvalue weighted by Crippen LogP contribution is -2.00. The first-order chi connectivity index (χ1) is 9.13. The fourth-order valence-electron chi connectivity index (χ4n) is 2.09. The van der Waals surface area contributed by atoms with Crippen molar-refractivity contribution >= 4 is 28.1 Å². The second-order valence-corrected chi connectivity index (χ2v) is 5.58. The van der Waals surface area contributed by atoms with Crippen molar-refractivity contribution in [3.8, 4) is 0 Å². The number of thiazole rings is 1. The summed E-state index contributed by atoms with van der Waals surface area (Å²) in [6, 6.07) is 2.09. The summed E-state index contributed by atoms with van der Waals surface area (Å²) < 4.78 is 1.80. The van der Waals surface area contributed by atoms with Crippen LogP contribution in [0, 0.1) is 13.8 Å². The number of fused-ring (bicyclic) bond motifs is 1. The van der Waals surface area contributed by atoms with Crippen molar-refractivity contribution in [2.24, 2.45) is 7.05 Å². The molecule has 0 amide bonds. The summed E-state index contributed by atoms with van der Waals surface area (Å²) in [5.74, 6) is 0. The van der Waals surface area contributed by atoms with Gasteiger partial charge in [-0.05, 0) is 19.9 Å². The minimum atomic E-state index is 0.719. The molecule has 3 aromatic heterocycles. The van der Waals surface area contributed by atoms with Crippen molar-refractivity contribution in [1.82, 2.24) is 19.7 Å². The summed E-state index contributed by atoms with van der Waals surface area (Å²) in [6.07, 6.45) is 1.84. The molecule has 3 heterocycles. The molecule has 0 radical (unpaired) electrons. The molecular weight excluding hydrogens is 258 g/mol. The van der Waals surface area contributed by atoms with E-state index in [9.17, 15) is 0 Å². The largest absolute Gasteiger partial charge is 0.378 e. The third-order valence-electron chi connectivity index (χ3n) is 3.00. The number of hydrogen-bond acceptors (Lipinski definition) is 5. The molecule has 0 bridgehead atoms. The maximum atomic E-state index is 4.44. The number of anilines is 1. The highest BCUT2D eigenvalue weighted by Crippen LogP contribution is 2.19. The van der Waals surface area contributed by atoms with Gasteiger partial charge in [-0.2, -0.15) is 5.10 Å². The summed E-state index contributed by atoms with van der Waals surface area (Å²) in [6.45, 7) is 4.73. The van der Waals surface area contributed by atoms with E-state index in [1.54, 1.807) is 16.0 Å². The number of pyridine rings is 1. The van der Waals surface area contributed by atoms with E-state index < -0.39 is 0 Å². The molecule has 3 aromatic rings. The molecular formula is C13H15N5S. The van der Waals surface area contributed by atoms with Gasteiger partial charge in [0.2, 0.25) is 0 Å². The second kappa shape index (κ2) is 4.62. The summed E-state index contributed by atoms with van der Waals surface area (Å²) >= 11 is 1.67. The first kappa shape index (κ1) is 12.1. The fraction of sp³-hybridized carbons (Fsp3) is 0.308. The molecule has 0 aromatic carbocycles. The molecule has 0 atom stereocenters. The van der Waals surface area contributed by atoms with Gasteiger partial charge in [0.05, 0.1) is 34.8 Å². The molecule has 0 spiro atoms. The van der Waals surface area contributed by atoms with E-state index in [4.69, 9.17) is 0 Å². The molecule has 0 aliphatic carbocycles. The number of aryl methyl sites for hydroxylation is 3. The number of aromatic nitrogens is 4. The Morgan fingerprint density at radius 3 is 2.95 bits per heavy atom. The van der Waals surface area contributed by atoms with Crippen LogP contribution in [0.15, 0.2) is 17.6 Å². The molecule has 0 saturated heterocycles. The van der Waals surface area contributed by atoms with Gasteiger partial charge in [0.25, 0.3) is 0 Å². The fourth-order valence-corrected chi connectivity index (χ4v) is 2.70. The van der Waals surface area contributed by atoms with Gasteiger partial charge in [0.15, 0.2) is 5.65 Å². The number of nitrogens with one attached hydrogen (secondary N) is 1. The minimum absolute atomic E-state index is 0.719. The van der Waals surface area contributed by atoms with Gasteiger partial charge in [0, 0.05) is 17.8 Å². The molecule has 0 aliphatic rings. The van der Waals surface area contributed by atoms with Gasteiger partial charge in [-0.15, -0.1) is 11.3 Å². The van der Waals surface area contributed by atoms with Crippen LogP contribution >= 0.6 is 11.3 Å². The Bertz CT molecular complexity index is 728. The highest BCUT2D eigenvalue weighted by Gasteiger charge is 2.07. The predicted octanol–water partition coefficient (Wildman–Crippen LogP) is 2.65. The van der Waals surface area contributed by atoms with Crippen molar-refractivity contribution in [2.75, 3.05) is 5.32 Å². The van der Waals surface area contributed by atoms with Crippen molar-refractivity contribution in [2.45, 2.75) is 20.4 Å². The first-order valence-corrected chi connectivity index (χ1v) is 6.95. The lowest BCUT2D eigenvalue weighted by atomic mass is 10.2. The van der Waals surface area contributed by atoms with E-state index in [2.05, 4.69) is 31.8 Å². The Balaban J connectivity index is 1.83. The van der Waals surface area contributed by atoms with Gasteiger partial charge in [-0.1, -0.05) is 0 Å². The van der Waals surface area contributed by atoms with E-state index in [0.29, 0.717) is 0 Å². The zero-order valence-electron chi connectivity index (χ0n) is 11.1. The van der Waals surface area contributed by atoms with Crippen LogP contribution in [0.4, 0.5) is 5.69 Å². The average molecular weight is 273 g/mol. The van der Waals surface area contributed by atoms with Crippen LogP contribution in [0.25, 0.3) is 11.0 Å². The number of rotatable bonds is 3. The monoisotopic (exact) mass is 273 g/mol. The lowest BCUT2D eigenvalue weighted by molar-refractivity contribution is 0.774. The van der Waals surface area contributed by atoms with Crippen LogP contribution in [0.5, 0.6) is 0 Å². The van der Waals surface area contributed by atoms with Crippen molar-refractivity contribution < 1.29 is 0 Å². The standard InChI is InChI=1S/C13H15N5S/c1-8-12-4-10(5-15-13(12)18(3)17-8)14-6-11-7-19-9(2)16-11/h4-5,7,14H,6H2,1-3H3. The van der Waals surface area contributed by atoms with E-state index in [1.165, 1.54) is 0 Å². The van der Waals surface area contributed by atoms with Gasteiger partial charge in [-0.3, -0.25) is 4.68 Å². The second-order valence-electron chi connectivity index (χ2n) is 4.52. The highest BCUT2D eigenvalue weighted by atomic mass is 32.1. The molecule has 0 saturated carbocycles. The minimum Gasteiger partial charge on any atom is -0.378 e. The molecule has 0 aliphatic heterocycles. The third-order valence-corrected chi connectivity index (χ3v) is 3.83. The Morgan fingerprint density at radius 1 is 1.37 bits per heavy atom. The van der Waals surface area contributed by atoms with Crippen molar-refractivity contribution in [1.29, 1.82) is 0 Å². The Labute approximate surface area is 115 Å². The smallest absolute Gasteiger partial charge is 0.157 e. The summed E-state index contributed by atoms with van der Waals surface area (Å²) in [5.41, 5.74) is 3.96. The zero-order chi connectivity index (χ0) is 13.4. The zero-order valence-corrected chi connectivity index (χ0v) is 12.0. The Hall–Kier alpha value is -1.95. The third kappa shape index (κ3) is 2.31. The summed E-state index contributed by atoms with van der Waals surface area (Å²) in [7, 11) is 1.91. The maximum Gasteiger partial charge on any atom is 0.157 e. The summed E-state index contributed by atoms with van der Waals surface area (Å²) in [5, 5.41) is 12.0. The Morgan fingerprint density at radius 2 is 2.21 bits per heavy atom. The van der Waals surface area contributed by atoms with E-state index in [1.807, 2.05) is 27.1 Å². The van der Waals surface area contributed by atoms with E-state index in [0.717, 1.165) is 39.7 Å². The van der Waals surface area contributed by atoms with Gasteiger partial charge < -0.3 is 5.32 Å². The van der Waals surface area contributed by atoms with Crippen LogP contribution in [-0.4, -0.2) is 19.7 Å². The molecule has 1 N–H and O–H groups in total. The van der Waals surface area contributed by atoms with Gasteiger partial charge in [0.1, 0.15) is 0 Å². The SMILES string of the molecule is Cc1nc(CNc2cnc3c(c2)c(C)nn3C)cs1. The molecule has 19 heavy (non-hydrogen) atoms. The summed E-state index contributed by atoms with van der Waals surface area (Å²) in [4.78, 5) is 8.87. The van der Waals surface area contributed by atoms with Crippen LogP contribution in [-0.2, 0) is 13.6 Å². The van der Waals surface area contributed by atoms with Crippen LogP contribution in [0.2, 0.25) is 0 Å². The quantitative estimate of drug-likeness (QED) is 0.797. The molecule has 0 fully saturated rings. The highest BCUT2D eigenvalue weighted by molar-refractivity contribution is 7.09. The number of hydrogen-bond donors (Lipinski definition) is 1. The number of nitrogens with zero attached hydrogens (tertiary/aromatic N) is 4. The molecule has 5 nitrogen and oxygen atoms in total. The molecule has 6 heteroatoms. The molecule has 3 rings (SSSR count). The lowest BCUT2D eigenvalue weighted by Gasteiger charge is -2.04. The normalized spacial score (nSPS) is 11.1. The topological polar surface area (TPSA) is 55.6 Å². The maximum absolute atomic E-state index is 4.44. The van der Waals surface area contributed by atoms with E-state index >= 15 is 0 Å². The molecule has 0 unspecified atom stereocenters. The van der Waals surface area contributed by atoms with E-state index in [-0.39, 0.29) is 0 Å². The van der Waals surface area contributed by atoms with Crippen molar-refractivity contribution in [3.05, 3.63) is 34.0 Å². The Kier molecular flexibility index (Phi) is 2.94. The van der Waals surface area contributed by atoms with Crippen molar-refractivity contribution in [3.63, 3.8) is 0 Å². The van der Waals surface area contributed by atoms with Crippen LogP contribution < -0.4 is 5.32 Å². The average Bonchev–Trinajstić information content (AvgIpc) is 2.92.